The minimum Gasteiger partial charge on any atom is -0.493 e. The Morgan fingerprint density at radius 2 is 1.81 bits per heavy atom. The van der Waals surface area contributed by atoms with Crippen LogP contribution in [0.4, 0.5) is 0 Å². The molecule has 0 fully saturated rings. The Bertz CT molecular complexity index is 408. The van der Waals surface area contributed by atoms with E-state index >= 15 is 0 Å². The van der Waals surface area contributed by atoms with Crippen LogP contribution >= 0.6 is 0 Å². The van der Waals surface area contributed by atoms with E-state index in [-0.39, 0.29) is 0 Å². The van der Waals surface area contributed by atoms with Gasteiger partial charge in [0.1, 0.15) is 5.75 Å². The lowest BCUT2D eigenvalue weighted by molar-refractivity contribution is 0.221. The molecule has 0 aliphatic heterocycles. The lowest BCUT2D eigenvalue weighted by atomic mass is 9.77. The van der Waals surface area contributed by atoms with Crippen molar-refractivity contribution in [3.8, 4) is 5.75 Å². The normalized spacial score (nSPS) is 14.8. The first kappa shape index (κ1) is 18.0. The Morgan fingerprint density at radius 3 is 2.38 bits per heavy atom. The van der Waals surface area contributed by atoms with Gasteiger partial charge in [-0.2, -0.15) is 0 Å². The van der Waals surface area contributed by atoms with Crippen molar-refractivity contribution in [2.75, 3.05) is 13.2 Å². The fraction of sp³-hybridized carbons (Fsp3) is 0.684. The van der Waals surface area contributed by atoms with Crippen molar-refractivity contribution in [3.63, 3.8) is 0 Å². The second kappa shape index (κ2) is 8.43. The highest BCUT2D eigenvalue weighted by Gasteiger charge is 2.25. The molecule has 0 aliphatic rings. The number of benzene rings is 1. The third-order valence-corrected chi connectivity index (χ3v) is 4.27. The van der Waals surface area contributed by atoms with Crippen molar-refractivity contribution in [2.24, 2.45) is 11.3 Å². The second-order valence-electron chi connectivity index (χ2n) is 7.00. The molecule has 2 nitrogen and oxygen atoms in total. The fourth-order valence-corrected chi connectivity index (χ4v) is 2.39. The number of para-hydroxylation sites is 1. The molecule has 0 saturated carbocycles. The maximum atomic E-state index is 5.94. The summed E-state index contributed by atoms with van der Waals surface area (Å²) in [5, 5.41) is 3.64. The molecule has 120 valence electrons. The van der Waals surface area contributed by atoms with Crippen LogP contribution in [0.25, 0.3) is 0 Å². The molecule has 21 heavy (non-hydrogen) atoms. The third-order valence-electron chi connectivity index (χ3n) is 4.27. The van der Waals surface area contributed by atoms with E-state index in [2.05, 4.69) is 71.1 Å². The van der Waals surface area contributed by atoms with Crippen molar-refractivity contribution in [1.29, 1.82) is 0 Å². The molecule has 0 aromatic heterocycles. The van der Waals surface area contributed by atoms with Gasteiger partial charge in [0.15, 0.2) is 0 Å². The zero-order valence-corrected chi connectivity index (χ0v) is 14.7. The maximum Gasteiger partial charge on any atom is 0.124 e. The van der Waals surface area contributed by atoms with E-state index < -0.39 is 0 Å². The average molecular weight is 291 g/mol. The lowest BCUT2D eigenvalue weighted by Crippen LogP contribution is -2.27. The molecule has 1 aromatic rings. The molecular weight excluding hydrogens is 258 g/mol. The van der Waals surface area contributed by atoms with Crippen LogP contribution in [0.3, 0.4) is 0 Å². The molecule has 2 atom stereocenters. The van der Waals surface area contributed by atoms with Crippen molar-refractivity contribution < 1.29 is 4.74 Å². The molecule has 0 aliphatic carbocycles. The van der Waals surface area contributed by atoms with Crippen LogP contribution in [0.2, 0.25) is 0 Å². The van der Waals surface area contributed by atoms with E-state index in [9.17, 15) is 0 Å². The molecule has 0 bridgehead atoms. The van der Waals surface area contributed by atoms with E-state index in [1.54, 1.807) is 0 Å². The summed E-state index contributed by atoms with van der Waals surface area (Å²) in [7, 11) is 0. The zero-order valence-electron chi connectivity index (χ0n) is 14.7. The quantitative estimate of drug-likeness (QED) is 0.711. The summed E-state index contributed by atoms with van der Waals surface area (Å²) in [6.07, 6.45) is 2.17. The summed E-state index contributed by atoms with van der Waals surface area (Å²) >= 11 is 0. The summed E-state index contributed by atoms with van der Waals surface area (Å²) in [6.45, 7) is 15.4. The third kappa shape index (κ3) is 5.70. The van der Waals surface area contributed by atoms with E-state index in [0.717, 1.165) is 31.7 Å². The van der Waals surface area contributed by atoms with Crippen LogP contribution in [0, 0.1) is 11.3 Å². The van der Waals surface area contributed by atoms with Crippen LogP contribution in [-0.2, 0) is 0 Å². The van der Waals surface area contributed by atoms with E-state index in [0.29, 0.717) is 17.4 Å². The van der Waals surface area contributed by atoms with Crippen LogP contribution in [0.1, 0.15) is 66.0 Å². The van der Waals surface area contributed by atoms with Crippen molar-refractivity contribution in [1.82, 2.24) is 5.32 Å². The van der Waals surface area contributed by atoms with Crippen molar-refractivity contribution in [2.45, 2.75) is 60.4 Å². The first-order valence-corrected chi connectivity index (χ1v) is 8.35. The minimum atomic E-state index is 0.326. The fourth-order valence-electron chi connectivity index (χ4n) is 2.39. The van der Waals surface area contributed by atoms with Gasteiger partial charge in [-0.05, 0) is 36.8 Å². The summed E-state index contributed by atoms with van der Waals surface area (Å²) in [6, 6.07) is 8.83. The Balaban J connectivity index is 2.94. The SMILES string of the molecule is CCCOc1ccccc1C(CC(C)C(C)(C)C)NCC. The summed E-state index contributed by atoms with van der Waals surface area (Å²) in [5.41, 5.74) is 1.62. The largest absolute Gasteiger partial charge is 0.493 e. The number of rotatable bonds is 8. The number of ether oxygens (including phenoxy) is 1. The molecule has 2 heteroatoms. The second-order valence-corrected chi connectivity index (χ2v) is 7.00. The van der Waals surface area contributed by atoms with Gasteiger partial charge >= 0.3 is 0 Å². The molecule has 2 unspecified atom stereocenters. The van der Waals surface area contributed by atoms with Gasteiger partial charge in [0.2, 0.25) is 0 Å². The molecule has 0 saturated heterocycles. The Kier molecular flexibility index (Phi) is 7.24. The predicted molar refractivity (Wildman–Crippen MR) is 91.9 cm³/mol. The smallest absolute Gasteiger partial charge is 0.124 e. The molecule has 0 heterocycles. The molecule has 0 radical (unpaired) electrons. The van der Waals surface area contributed by atoms with Gasteiger partial charge in [-0.15, -0.1) is 0 Å². The highest BCUT2D eigenvalue weighted by atomic mass is 16.5. The average Bonchev–Trinajstić information content (AvgIpc) is 2.44. The summed E-state index contributed by atoms with van der Waals surface area (Å²) in [4.78, 5) is 0. The maximum absolute atomic E-state index is 5.94. The minimum absolute atomic E-state index is 0.326. The van der Waals surface area contributed by atoms with Gasteiger partial charge < -0.3 is 10.1 Å². The topological polar surface area (TPSA) is 21.3 Å². The number of hydrogen-bond donors (Lipinski definition) is 1. The Labute approximate surface area is 131 Å². The van der Waals surface area contributed by atoms with Crippen LogP contribution < -0.4 is 10.1 Å². The number of nitrogens with one attached hydrogen (secondary N) is 1. The van der Waals surface area contributed by atoms with Gasteiger partial charge in [0, 0.05) is 11.6 Å². The first-order chi connectivity index (χ1) is 9.90. The Morgan fingerprint density at radius 1 is 1.14 bits per heavy atom. The van der Waals surface area contributed by atoms with Gasteiger partial charge in [0.05, 0.1) is 6.61 Å². The molecule has 0 amide bonds. The molecule has 1 rings (SSSR count). The van der Waals surface area contributed by atoms with Crippen molar-refractivity contribution in [3.05, 3.63) is 29.8 Å². The monoisotopic (exact) mass is 291 g/mol. The van der Waals surface area contributed by atoms with Crippen molar-refractivity contribution >= 4 is 0 Å². The first-order valence-electron chi connectivity index (χ1n) is 8.35. The van der Waals surface area contributed by atoms with Gasteiger partial charge in [-0.25, -0.2) is 0 Å². The summed E-state index contributed by atoms with van der Waals surface area (Å²) in [5.74, 6) is 1.67. The predicted octanol–water partition coefficient (Wildman–Crippen LogP) is 5.20. The molecular formula is C19H33NO. The molecule has 1 aromatic carbocycles. The zero-order chi connectivity index (χ0) is 15.9. The van der Waals surface area contributed by atoms with E-state index in [1.165, 1.54) is 5.56 Å². The Hall–Kier alpha value is -1.02. The van der Waals surface area contributed by atoms with Crippen LogP contribution in [0.5, 0.6) is 5.75 Å². The standard InChI is InChI=1S/C19H33NO/c1-7-13-21-18-12-10-9-11-16(18)17(20-8-2)14-15(3)19(4,5)6/h9-12,15,17,20H,7-8,13-14H2,1-6H3. The summed E-state index contributed by atoms with van der Waals surface area (Å²) < 4.78 is 5.94. The molecule has 0 spiro atoms. The van der Waals surface area contributed by atoms with Gasteiger partial charge in [0.25, 0.3) is 0 Å². The number of hydrogen-bond acceptors (Lipinski definition) is 2. The van der Waals surface area contributed by atoms with E-state index in [4.69, 9.17) is 4.74 Å². The lowest BCUT2D eigenvalue weighted by Gasteiger charge is -2.32. The van der Waals surface area contributed by atoms with Crippen LogP contribution in [0.15, 0.2) is 24.3 Å². The highest BCUT2D eigenvalue weighted by Crippen LogP contribution is 2.36. The van der Waals surface area contributed by atoms with E-state index in [1.807, 2.05) is 0 Å². The highest BCUT2D eigenvalue weighted by molar-refractivity contribution is 5.36. The van der Waals surface area contributed by atoms with Gasteiger partial charge in [-0.1, -0.05) is 59.7 Å². The van der Waals surface area contributed by atoms with Crippen LogP contribution in [-0.4, -0.2) is 13.2 Å². The molecule has 1 N–H and O–H groups in total. The van der Waals surface area contributed by atoms with Gasteiger partial charge in [-0.3, -0.25) is 0 Å².